The van der Waals surface area contributed by atoms with Crippen molar-refractivity contribution in [1.29, 1.82) is 0 Å². The Morgan fingerprint density at radius 2 is 1.59 bits per heavy atom. The van der Waals surface area contributed by atoms with Gasteiger partial charge in [0.15, 0.2) is 6.61 Å². The molecule has 1 N–H and O–H groups in total. The highest BCUT2D eigenvalue weighted by Crippen LogP contribution is 2.34. The first-order valence-electron chi connectivity index (χ1n) is 11.8. The minimum Gasteiger partial charge on any atom is -0.497 e. The molecule has 0 bridgehead atoms. The Morgan fingerprint density at radius 1 is 0.872 bits per heavy atom. The van der Waals surface area contributed by atoms with Gasteiger partial charge in [-0.1, -0.05) is 48.5 Å². The number of methoxy groups -OCH3 is 1. The van der Waals surface area contributed by atoms with E-state index in [1.54, 1.807) is 37.4 Å². The van der Waals surface area contributed by atoms with Crippen LogP contribution in [0.5, 0.6) is 5.75 Å². The quantitative estimate of drug-likeness (QED) is 0.242. The molecule has 5 aromatic rings. The third kappa shape index (κ3) is 5.52. The summed E-state index contributed by atoms with van der Waals surface area (Å²) in [4.78, 5) is 30.2. The molecule has 1 heterocycles. The minimum absolute atomic E-state index is 0.175. The fourth-order valence-corrected chi connectivity index (χ4v) is 4.24. The van der Waals surface area contributed by atoms with Crippen LogP contribution in [0.4, 0.5) is 18.9 Å². The Morgan fingerprint density at radius 3 is 2.38 bits per heavy atom. The van der Waals surface area contributed by atoms with E-state index in [1.807, 2.05) is 36.4 Å². The van der Waals surface area contributed by atoms with Crippen molar-refractivity contribution in [2.45, 2.75) is 6.18 Å². The maximum Gasteiger partial charge on any atom is 0.418 e. The van der Waals surface area contributed by atoms with Gasteiger partial charge in [-0.15, -0.1) is 0 Å². The smallest absolute Gasteiger partial charge is 0.418 e. The number of alkyl halides is 3. The van der Waals surface area contributed by atoms with Gasteiger partial charge in [-0.2, -0.15) is 13.2 Å². The Hall–Kier alpha value is -4.92. The van der Waals surface area contributed by atoms with Gasteiger partial charge < -0.3 is 14.8 Å². The third-order valence-corrected chi connectivity index (χ3v) is 6.12. The van der Waals surface area contributed by atoms with Gasteiger partial charge in [-0.3, -0.25) is 4.79 Å². The molecule has 0 radical (unpaired) electrons. The van der Waals surface area contributed by atoms with E-state index in [0.717, 1.165) is 34.2 Å². The van der Waals surface area contributed by atoms with E-state index in [1.165, 1.54) is 12.1 Å². The van der Waals surface area contributed by atoms with Crippen LogP contribution in [0.25, 0.3) is 32.9 Å². The van der Waals surface area contributed by atoms with Crippen LogP contribution < -0.4 is 10.1 Å². The van der Waals surface area contributed by atoms with Crippen molar-refractivity contribution >= 4 is 39.2 Å². The number of amides is 1. The number of hydrogen-bond donors (Lipinski definition) is 1. The van der Waals surface area contributed by atoms with Gasteiger partial charge >= 0.3 is 12.1 Å². The van der Waals surface area contributed by atoms with E-state index in [-0.39, 0.29) is 5.56 Å². The summed E-state index contributed by atoms with van der Waals surface area (Å²) in [7, 11) is 1.60. The molecule has 0 fully saturated rings. The molecule has 0 saturated heterocycles. The molecule has 196 valence electrons. The van der Waals surface area contributed by atoms with Gasteiger partial charge in [-0.05, 0) is 53.2 Å². The van der Waals surface area contributed by atoms with Crippen LogP contribution in [0.1, 0.15) is 15.9 Å². The van der Waals surface area contributed by atoms with Crippen LogP contribution in [0.15, 0.2) is 91.0 Å². The Bertz CT molecular complexity index is 1720. The summed E-state index contributed by atoms with van der Waals surface area (Å²) in [5.41, 5.74) is 0.574. The number of carbonyl (C=O) groups is 2. The van der Waals surface area contributed by atoms with Crippen molar-refractivity contribution in [3.05, 3.63) is 102 Å². The lowest BCUT2D eigenvalue weighted by Crippen LogP contribution is -2.23. The number of fused-ring (bicyclic) bond motifs is 2. The summed E-state index contributed by atoms with van der Waals surface area (Å²) in [5.74, 6) is -0.974. The van der Waals surface area contributed by atoms with Gasteiger partial charge in [0.1, 0.15) is 5.75 Å². The first-order valence-corrected chi connectivity index (χ1v) is 11.8. The molecule has 1 amide bonds. The number of anilines is 1. The zero-order valence-electron chi connectivity index (χ0n) is 20.6. The van der Waals surface area contributed by atoms with Crippen LogP contribution in [0.3, 0.4) is 0 Å². The largest absolute Gasteiger partial charge is 0.497 e. The highest BCUT2D eigenvalue weighted by Gasteiger charge is 2.33. The Balaban J connectivity index is 1.40. The van der Waals surface area contributed by atoms with E-state index in [9.17, 15) is 22.8 Å². The number of aromatic nitrogens is 1. The molecule has 0 atom stereocenters. The molecule has 0 spiro atoms. The average Bonchev–Trinajstić information content (AvgIpc) is 2.94. The average molecular weight is 531 g/mol. The van der Waals surface area contributed by atoms with Crippen LogP contribution >= 0.6 is 0 Å². The lowest BCUT2D eigenvalue weighted by Gasteiger charge is -2.14. The predicted molar refractivity (Wildman–Crippen MR) is 142 cm³/mol. The normalized spacial score (nSPS) is 11.4. The van der Waals surface area contributed by atoms with Crippen LogP contribution in [0, 0.1) is 0 Å². The lowest BCUT2D eigenvalue weighted by atomic mass is 10.0. The van der Waals surface area contributed by atoms with Crippen LogP contribution in [0.2, 0.25) is 0 Å². The summed E-state index contributed by atoms with van der Waals surface area (Å²) >= 11 is 0. The molecule has 0 aliphatic rings. The second-order valence-electron chi connectivity index (χ2n) is 8.67. The maximum absolute atomic E-state index is 13.2. The number of halogens is 3. The number of benzene rings is 4. The monoisotopic (exact) mass is 530 g/mol. The molecule has 39 heavy (non-hydrogen) atoms. The molecule has 0 aliphatic heterocycles. The summed E-state index contributed by atoms with van der Waals surface area (Å²) in [6.45, 7) is -0.769. The van der Waals surface area contributed by atoms with Crippen LogP contribution in [-0.4, -0.2) is 30.6 Å². The van der Waals surface area contributed by atoms with E-state index >= 15 is 0 Å². The lowest BCUT2D eigenvalue weighted by molar-refractivity contribution is -0.137. The van der Waals surface area contributed by atoms with E-state index in [2.05, 4.69) is 5.32 Å². The molecule has 0 saturated carbocycles. The van der Waals surface area contributed by atoms with E-state index < -0.39 is 35.9 Å². The Labute approximate surface area is 221 Å². The molecule has 4 aromatic carbocycles. The zero-order chi connectivity index (χ0) is 27.6. The van der Waals surface area contributed by atoms with Gasteiger partial charge in [-0.25, -0.2) is 9.78 Å². The second kappa shape index (κ2) is 10.4. The summed E-state index contributed by atoms with van der Waals surface area (Å²) < 4.78 is 50.2. The predicted octanol–water partition coefficient (Wildman–Crippen LogP) is 6.88. The number of para-hydroxylation sites is 2. The molecule has 0 aliphatic carbocycles. The minimum atomic E-state index is -4.65. The van der Waals surface area contributed by atoms with E-state index in [0.29, 0.717) is 16.6 Å². The fourth-order valence-electron chi connectivity index (χ4n) is 4.24. The van der Waals surface area contributed by atoms with Crippen molar-refractivity contribution < 1.29 is 32.2 Å². The number of esters is 1. The molecule has 0 unspecified atom stereocenters. The number of hydrogen-bond acceptors (Lipinski definition) is 5. The third-order valence-electron chi connectivity index (χ3n) is 6.12. The van der Waals surface area contributed by atoms with Gasteiger partial charge in [0.25, 0.3) is 5.91 Å². The Kier molecular flexibility index (Phi) is 6.89. The van der Waals surface area contributed by atoms with Gasteiger partial charge in [0.2, 0.25) is 0 Å². The second-order valence-corrected chi connectivity index (χ2v) is 8.67. The summed E-state index contributed by atoms with van der Waals surface area (Å²) in [6.07, 6.45) is -4.65. The van der Waals surface area contributed by atoms with E-state index in [4.69, 9.17) is 14.5 Å². The number of rotatable bonds is 6. The fraction of sp³-hybridized carbons (Fsp3) is 0.100. The van der Waals surface area contributed by atoms with Crippen molar-refractivity contribution in [2.75, 3.05) is 19.0 Å². The topological polar surface area (TPSA) is 77.5 Å². The van der Waals surface area contributed by atoms with Crippen molar-refractivity contribution in [3.63, 3.8) is 0 Å². The number of pyridine rings is 1. The van der Waals surface area contributed by atoms with Crippen molar-refractivity contribution in [1.82, 2.24) is 4.98 Å². The molecule has 6 nitrogen and oxygen atoms in total. The molecule has 9 heteroatoms. The number of nitrogens with one attached hydrogen (secondary N) is 1. The number of nitrogens with zero attached hydrogens (tertiary/aromatic N) is 1. The molecule has 5 rings (SSSR count). The van der Waals surface area contributed by atoms with Crippen molar-refractivity contribution in [2.24, 2.45) is 0 Å². The maximum atomic E-state index is 13.2. The molecule has 1 aromatic heterocycles. The molecular formula is C30H21F3N2O4. The van der Waals surface area contributed by atoms with Crippen molar-refractivity contribution in [3.8, 4) is 17.0 Å². The standard InChI is InChI=1S/C30H21F3N2O4/c1-38-21-13-12-18-14-20(11-10-19(18)15-21)27-16-23(22-6-2-4-8-25(22)34-27)29(37)39-17-28(36)35-26-9-5-3-7-24(26)30(31,32)33/h2-16H,17H2,1H3,(H,35,36). The number of carbonyl (C=O) groups excluding carboxylic acids is 2. The summed E-state index contributed by atoms with van der Waals surface area (Å²) in [5, 5.41) is 4.60. The molecular weight excluding hydrogens is 509 g/mol. The zero-order valence-corrected chi connectivity index (χ0v) is 20.6. The SMILES string of the molecule is COc1ccc2cc(-c3cc(C(=O)OCC(=O)Nc4ccccc4C(F)(F)F)c4ccccc4n3)ccc2c1. The summed E-state index contributed by atoms with van der Waals surface area (Å²) in [6, 6.07) is 24.5. The van der Waals surface area contributed by atoms with Gasteiger partial charge in [0, 0.05) is 10.9 Å². The highest BCUT2D eigenvalue weighted by atomic mass is 19.4. The first kappa shape index (κ1) is 25.7. The number of ether oxygens (including phenoxy) is 2. The van der Waals surface area contributed by atoms with Crippen LogP contribution in [-0.2, 0) is 15.7 Å². The first-order chi connectivity index (χ1) is 18.7. The highest BCUT2D eigenvalue weighted by molar-refractivity contribution is 6.06. The van der Waals surface area contributed by atoms with Gasteiger partial charge in [0.05, 0.1) is 35.1 Å².